The fourth-order valence-electron chi connectivity index (χ4n) is 0.761. The van der Waals surface area contributed by atoms with Crippen LogP contribution < -0.4 is 10.6 Å². The Labute approximate surface area is 88.9 Å². The Morgan fingerprint density at radius 1 is 1.33 bits per heavy atom. The minimum absolute atomic E-state index is 0.141. The second-order valence-electron chi connectivity index (χ2n) is 3.07. The molecule has 0 spiro atoms. The van der Waals surface area contributed by atoms with Crippen molar-refractivity contribution >= 4 is 12.0 Å². The number of nitrogens with zero attached hydrogens (tertiary/aromatic N) is 1. The highest BCUT2D eigenvalue weighted by atomic mass is 16.4. The standard InChI is InChI=1S/C9H17N3O3/c1-12(2)9(15)11-7-6-10-5-3-4-8(13)14/h3-4,10H,5-7H2,1-2H3,(H,11,15)(H,13,14)/b4-3+. The van der Waals surface area contributed by atoms with Crippen molar-refractivity contribution in [3.8, 4) is 0 Å². The molecule has 2 amide bonds. The van der Waals surface area contributed by atoms with Crippen LogP contribution in [0, 0.1) is 0 Å². The third-order valence-electron chi connectivity index (χ3n) is 1.51. The number of nitrogens with one attached hydrogen (secondary N) is 2. The van der Waals surface area contributed by atoms with E-state index in [0.29, 0.717) is 19.6 Å². The molecule has 0 saturated carbocycles. The molecule has 0 aromatic rings. The molecule has 86 valence electrons. The first-order chi connectivity index (χ1) is 7.04. The third-order valence-corrected chi connectivity index (χ3v) is 1.51. The first kappa shape index (κ1) is 13.4. The van der Waals surface area contributed by atoms with Gasteiger partial charge in [0.1, 0.15) is 0 Å². The molecule has 6 heteroatoms. The Morgan fingerprint density at radius 3 is 2.53 bits per heavy atom. The highest BCUT2D eigenvalue weighted by molar-refractivity contribution is 5.79. The monoisotopic (exact) mass is 215 g/mol. The summed E-state index contributed by atoms with van der Waals surface area (Å²) in [5, 5.41) is 13.9. The van der Waals surface area contributed by atoms with Gasteiger partial charge in [-0.25, -0.2) is 9.59 Å². The number of carbonyl (C=O) groups is 2. The lowest BCUT2D eigenvalue weighted by Gasteiger charge is -2.11. The second kappa shape index (κ2) is 7.81. The van der Waals surface area contributed by atoms with Crippen molar-refractivity contribution in [3.63, 3.8) is 0 Å². The van der Waals surface area contributed by atoms with Crippen LogP contribution >= 0.6 is 0 Å². The minimum atomic E-state index is -0.960. The number of hydrogen-bond donors (Lipinski definition) is 3. The number of amides is 2. The van der Waals surface area contributed by atoms with Gasteiger partial charge in [0.25, 0.3) is 0 Å². The number of carboxylic acids is 1. The highest BCUT2D eigenvalue weighted by Gasteiger charge is 1.99. The fourth-order valence-corrected chi connectivity index (χ4v) is 0.761. The molecule has 3 N–H and O–H groups in total. The van der Waals surface area contributed by atoms with Crippen LogP contribution in [0.2, 0.25) is 0 Å². The summed E-state index contributed by atoms with van der Waals surface area (Å²) < 4.78 is 0. The zero-order valence-electron chi connectivity index (χ0n) is 8.99. The van der Waals surface area contributed by atoms with E-state index >= 15 is 0 Å². The predicted molar refractivity (Wildman–Crippen MR) is 56.7 cm³/mol. The van der Waals surface area contributed by atoms with Crippen LogP contribution in [0.3, 0.4) is 0 Å². The maximum absolute atomic E-state index is 11.0. The van der Waals surface area contributed by atoms with E-state index in [9.17, 15) is 9.59 Å². The van der Waals surface area contributed by atoms with Crippen molar-refractivity contribution in [2.75, 3.05) is 33.7 Å². The van der Waals surface area contributed by atoms with E-state index in [4.69, 9.17) is 5.11 Å². The maximum Gasteiger partial charge on any atom is 0.328 e. The number of carbonyl (C=O) groups excluding carboxylic acids is 1. The molecule has 0 bridgehead atoms. The van der Waals surface area contributed by atoms with Crippen LogP contribution in [0.1, 0.15) is 0 Å². The lowest BCUT2D eigenvalue weighted by atomic mass is 10.5. The molecule has 0 heterocycles. The van der Waals surface area contributed by atoms with E-state index in [0.717, 1.165) is 6.08 Å². The topological polar surface area (TPSA) is 81.7 Å². The lowest BCUT2D eigenvalue weighted by Crippen LogP contribution is -2.38. The van der Waals surface area contributed by atoms with Crippen LogP contribution in [-0.2, 0) is 4.79 Å². The summed E-state index contributed by atoms with van der Waals surface area (Å²) in [7, 11) is 3.33. The maximum atomic E-state index is 11.0. The van der Waals surface area contributed by atoms with Crippen LogP contribution in [0.5, 0.6) is 0 Å². The van der Waals surface area contributed by atoms with Gasteiger partial charge >= 0.3 is 12.0 Å². The molecule has 0 aliphatic carbocycles. The van der Waals surface area contributed by atoms with Gasteiger partial charge in [0.2, 0.25) is 0 Å². The van der Waals surface area contributed by atoms with E-state index in [1.807, 2.05) is 0 Å². The summed E-state index contributed by atoms with van der Waals surface area (Å²) in [6.45, 7) is 1.59. The van der Waals surface area contributed by atoms with E-state index in [1.54, 1.807) is 14.1 Å². The molecule has 0 aromatic carbocycles. The molecule has 0 fully saturated rings. The summed E-state index contributed by atoms with van der Waals surface area (Å²) in [6.07, 6.45) is 2.58. The molecular formula is C9H17N3O3. The Morgan fingerprint density at radius 2 is 2.00 bits per heavy atom. The molecule has 0 radical (unpaired) electrons. The number of hydrogen-bond acceptors (Lipinski definition) is 3. The van der Waals surface area contributed by atoms with Gasteiger partial charge in [-0.3, -0.25) is 0 Å². The molecule has 15 heavy (non-hydrogen) atoms. The lowest BCUT2D eigenvalue weighted by molar-refractivity contribution is -0.131. The van der Waals surface area contributed by atoms with E-state index in [1.165, 1.54) is 11.0 Å². The highest BCUT2D eigenvalue weighted by Crippen LogP contribution is 1.75. The molecule has 0 aromatic heterocycles. The largest absolute Gasteiger partial charge is 0.478 e. The molecule has 0 atom stereocenters. The Balaban J connectivity index is 3.33. The van der Waals surface area contributed by atoms with Crippen LogP contribution in [0.15, 0.2) is 12.2 Å². The van der Waals surface area contributed by atoms with Crippen molar-refractivity contribution in [1.82, 2.24) is 15.5 Å². The summed E-state index contributed by atoms with van der Waals surface area (Å²) in [5.74, 6) is -0.960. The molecule has 0 saturated heterocycles. The molecular weight excluding hydrogens is 198 g/mol. The van der Waals surface area contributed by atoms with Gasteiger partial charge in [0.15, 0.2) is 0 Å². The van der Waals surface area contributed by atoms with Gasteiger partial charge < -0.3 is 20.6 Å². The van der Waals surface area contributed by atoms with Crippen LogP contribution in [0.25, 0.3) is 0 Å². The Bertz CT molecular complexity index is 239. The average Bonchev–Trinajstić information content (AvgIpc) is 2.15. The number of rotatable bonds is 6. The summed E-state index contributed by atoms with van der Waals surface area (Å²) in [5.41, 5.74) is 0. The Kier molecular flexibility index (Phi) is 7.00. The number of aliphatic carboxylic acids is 1. The molecule has 6 nitrogen and oxygen atoms in total. The van der Waals surface area contributed by atoms with Crippen molar-refractivity contribution in [3.05, 3.63) is 12.2 Å². The van der Waals surface area contributed by atoms with Gasteiger partial charge in [-0.2, -0.15) is 0 Å². The second-order valence-corrected chi connectivity index (χ2v) is 3.07. The van der Waals surface area contributed by atoms with Gasteiger partial charge in [-0.1, -0.05) is 6.08 Å². The zero-order valence-corrected chi connectivity index (χ0v) is 8.99. The normalized spacial score (nSPS) is 10.3. The summed E-state index contributed by atoms with van der Waals surface area (Å²) in [6, 6.07) is -0.141. The SMILES string of the molecule is CN(C)C(=O)NCCNC/C=C/C(=O)O. The quantitative estimate of drug-likeness (QED) is 0.411. The number of urea groups is 1. The van der Waals surface area contributed by atoms with Gasteiger partial charge in [0, 0.05) is 39.8 Å². The van der Waals surface area contributed by atoms with Crippen LogP contribution in [0.4, 0.5) is 4.79 Å². The van der Waals surface area contributed by atoms with Crippen LogP contribution in [-0.4, -0.2) is 55.7 Å². The molecule has 0 unspecified atom stereocenters. The fraction of sp³-hybridized carbons (Fsp3) is 0.556. The predicted octanol–water partition coefficient (Wildman–Crippen LogP) is -0.512. The smallest absolute Gasteiger partial charge is 0.328 e. The average molecular weight is 215 g/mol. The van der Waals surface area contributed by atoms with Crippen molar-refractivity contribution in [1.29, 1.82) is 0 Å². The van der Waals surface area contributed by atoms with Gasteiger partial charge in [-0.15, -0.1) is 0 Å². The first-order valence-corrected chi connectivity index (χ1v) is 4.59. The Hall–Kier alpha value is -1.56. The van der Waals surface area contributed by atoms with E-state index in [2.05, 4.69) is 10.6 Å². The van der Waals surface area contributed by atoms with Crippen molar-refractivity contribution < 1.29 is 14.7 Å². The molecule has 0 rings (SSSR count). The third kappa shape index (κ3) is 8.76. The first-order valence-electron chi connectivity index (χ1n) is 4.59. The van der Waals surface area contributed by atoms with E-state index < -0.39 is 5.97 Å². The zero-order chi connectivity index (χ0) is 11.7. The molecule has 0 aliphatic rings. The van der Waals surface area contributed by atoms with Gasteiger partial charge in [-0.05, 0) is 0 Å². The summed E-state index contributed by atoms with van der Waals surface area (Å²) >= 11 is 0. The van der Waals surface area contributed by atoms with Crippen molar-refractivity contribution in [2.45, 2.75) is 0 Å². The van der Waals surface area contributed by atoms with E-state index in [-0.39, 0.29) is 6.03 Å². The number of carboxylic acid groups (broad SMARTS) is 1. The van der Waals surface area contributed by atoms with Gasteiger partial charge in [0.05, 0.1) is 0 Å². The molecule has 0 aliphatic heterocycles. The minimum Gasteiger partial charge on any atom is -0.478 e. The van der Waals surface area contributed by atoms with Crippen molar-refractivity contribution in [2.24, 2.45) is 0 Å². The summed E-state index contributed by atoms with van der Waals surface area (Å²) in [4.78, 5) is 22.5.